The quantitative estimate of drug-likeness (QED) is 0.878. The molecule has 1 amide bonds. The third-order valence-corrected chi connectivity index (χ3v) is 4.89. The number of carbonyl (C=O) groups is 1. The van der Waals surface area contributed by atoms with Crippen molar-refractivity contribution in [3.8, 4) is 11.5 Å². The van der Waals surface area contributed by atoms with E-state index in [1.54, 1.807) is 0 Å². The lowest BCUT2D eigenvalue weighted by Gasteiger charge is -2.57. The van der Waals surface area contributed by atoms with Crippen molar-refractivity contribution < 1.29 is 27.8 Å². The largest absolute Gasteiger partial charge is 0.586 e. The lowest BCUT2D eigenvalue weighted by molar-refractivity contribution is -0.286. The number of carbonyl (C=O) groups excluding carboxylic acids is 1. The van der Waals surface area contributed by atoms with Gasteiger partial charge in [-0.15, -0.1) is 8.78 Å². The second-order valence-corrected chi connectivity index (χ2v) is 6.62. The van der Waals surface area contributed by atoms with Crippen molar-refractivity contribution in [2.75, 3.05) is 11.9 Å². The number of hydrogen-bond acceptors (Lipinski definition) is 5. The van der Waals surface area contributed by atoms with Crippen LogP contribution in [0.25, 0.3) is 0 Å². The maximum atomic E-state index is 13.0. The second kappa shape index (κ2) is 5.29. The molecule has 1 aliphatic heterocycles. The van der Waals surface area contributed by atoms with Crippen molar-refractivity contribution in [1.82, 2.24) is 0 Å². The van der Waals surface area contributed by atoms with Crippen molar-refractivity contribution >= 4 is 11.6 Å². The molecule has 0 bridgehead atoms. The summed E-state index contributed by atoms with van der Waals surface area (Å²) in [6.07, 6.45) is -3.41. The number of benzene rings is 1. The smallest absolute Gasteiger partial charge is 0.395 e. The minimum Gasteiger partial charge on any atom is -0.395 e. The Bertz CT molecular complexity index is 680. The van der Waals surface area contributed by atoms with Crippen LogP contribution in [0.15, 0.2) is 18.2 Å². The first-order chi connectivity index (χ1) is 11.1. The van der Waals surface area contributed by atoms with E-state index in [0.29, 0.717) is 18.7 Å². The van der Waals surface area contributed by atoms with Crippen molar-refractivity contribution in [2.24, 2.45) is 11.1 Å². The van der Waals surface area contributed by atoms with Crippen LogP contribution < -0.4 is 20.5 Å². The van der Waals surface area contributed by atoms with Crippen LogP contribution in [-0.4, -0.2) is 30.5 Å². The topological polar surface area (TPSA) is 82.8 Å². The molecule has 132 valence electrons. The van der Waals surface area contributed by atoms with E-state index in [1.165, 1.54) is 18.2 Å². The van der Waals surface area contributed by atoms with Crippen LogP contribution in [-0.2, 0) is 9.53 Å². The highest BCUT2D eigenvalue weighted by molar-refractivity contribution is 6.00. The highest BCUT2D eigenvalue weighted by Crippen LogP contribution is 2.50. The number of ether oxygens (including phenoxy) is 3. The Morgan fingerprint density at radius 2 is 2.04 bits per heavy atom. The Morgan fingerprint density at radius 3 is 2.67 bits per heavy atom. The fourth-order valence-electron chi connectivity index (χ4n) is 3.09. The van der Waals surface area contributed by atoms with Gasteiger partial charge in [0.05, 0.1) is 6.10 Å². The van der Waals surface area contributed by atoms with E-state index in [-0.39, 0.29) is 17.6 Å². The molecule has 1 aromatic rings. The Labute approximate surface area is 138 Å². The maximum Gasteiger partial charge on any atom is 0.586 e. The van der Waals surface area contributed by atoms with Crippen LogP contribution >= 0.6 is 0 Å². The third kappa shape index (κ3) is 2.50. The Hall–Kier alpha value is -1.93. The van der Waals surface area contributed by atoms with Crippen LogP contribution in [0.4, 0.5) is 14.5 Å². The van der Waals surface area contributed by atoms with E-state index >= 15 is 0 Å². The molecule has 24 heavy (non-hydrogen) atoms. The van der Waals surface area contributed by atoms with Gasteiger partial charge in [0.25, 0.3) is 0 Å². The molecule has 1 fully saturated rings. The minimum absolute atomic E-state index is 0.0826. The number of hydrogen-bond donors (Lipinski definition) is 2. The summed E-state index contributed by atoms with van der Waals surface area (Å²) in [5.74, 6) is -0.612. The lowest BCUT2D eigenvalue weighted by Crippen LogP contribution is -2.74. The fraction of sp³-hybridized carbons (Fsp3) is 0.562. The van der Waals surface area contributed by atoms with Gasteiger partial charge in [0.2, 0.25) is 5.91 Å². The molecular formula is C16H20F2N2O4. The average molecular weight is 342 g/mol. The van der Waals surface area contributed by atoms with Gasteiger partial charge in [0.1, 0.15) is 5.54 Å². The van der Waals surface area contributed by atoms with Gasteiger partial charge in [-0.1, -0.05) is 13.8 Å². The number of amides is 1. The van der Waals surface area contributed by atoms with Crippen molar-refractivity contribution in [2.45, 2.75) is 45.1 Å². The third-order valence-electron chi connectivity index (χ3n) is 4.89. The first-order valence-corrected chi connectivity index (χ1v) is 7.71. The molecule has 1 saturated carbocycles. The molecule has 1 aliphatic carbocycles. The highest BCUT2D eigenvalue weighted by Gasteiger charge is 2.62. The summed E-state index contributed by atoms with van der Waals surface area (Å²) in [6, 6.07) is 4.05. The Morgan fingerprint density at radius 1 is 1.38 bits per heavy atom. The lowest BCUT2D eigenvalue weighted by atomic mass is 9.54. The van der Waals surface area contributed by atoms with Gasteiger partial charge in [-0.25, -0.2) is 0 Å². The molecule has 1 heterocycles. The summed E-state index contributed by atoms with van der Waals surface area (Å²) in [5, 5.41) is 2.66. The van der Waals surface area contributed by atoms with E-state index in [9.17, 15) is 13.6 Å². The number of halogens is 2. The van der Waals surface area contributed by atoms with E-state index in [2.05, 4.69) is 14.8 Å². The van der Waals surface area contributed by atoms with E-state index in [0.717, 1.165) is 0 Å². The van der Waals surface area contributed by atoms with Gasteiger partial charge in [-0.05, 0) is 19.1 Å². The average Bonchev–Trinajstić information content (AvgIpc) is 2.79. The van der Waals surface area contributed by atoms with Crippen molar-refractivity contribution in [1.29, 1.82) is 0 Å². The fourth-order valence-corrected chi connectivity index (χ4v) is 3.09. The summed E-state index contributed by atoms with van der Waals surface area (Å²) in [6.45, 7) is 6.17. The molecule has 2 aliphatic rings. The predicted octanol–water partition coefficient (Wildman–Crippen LogP) is 2.48. The molecule has 1 aromatic carbocycles. The number of nitrogens with two attached hydrogens (primary N) is 1. The Kier molecular flexibility index (Phi) is 3.72. The summed E-state index contributed by atoms with van der Waals surface area (Å²) < 4.78 is 40.4. The molecule has 0 spiro atoms. The zero-order valence-corrected chi connectivity index (χ0v) is 13.7. The summed E-state index contributed by atoms with van der Waals surface area (Å²) >= 11 is 0. The van der Waals surface area contributed by atoms with Crippen LogP contribution in [0, 0.1) is 5.41 Å². The SMILES string of the molecule is CCOC1CC(N)(C(=O)Nc2ccc3c(c2)OC(F)(F)O3)C1(C)C. The van der Waals surface area contributed by atoms with Gasteiger partial charge in [-0.3, -0.25) is 4.79 Å². The van der Waals surface area contributed by atoms with Gasteiger partial charge in [-0.2, -0.15) is 0 Å². The summed E-state index contributed by atoms with van der Waals surface area (Å²) in [5.41, 5.74) is 4.94. The zero-order valence-electron chi connectivity index (χ0n) is 13.7. The van der Waals surface area contributed by atoms with Gasteiger partial charge in [0.15, 0.2) is 11.5 Å². The number of nitrogens with one attached hydrogen (secondary N) is 1. The minimum atomic E-state index is -3.69. The number of fused-ring (bicyclic) bond motifs is 1. The molecule has 0 aromatic heterocycles. The van der Waals surface area contributed by atoms with Gasteiger partial charge >= 0.3 is 6.29 Å². The molecule has 0 radical (unpaired) electrons. The standard InChI is InChI=1S/C16H20F2N2O4/c1-4-22-12-8-15(19,14(12,2)3)13(21)20-9-5-6-10-11(7-9)24-16(17,18)23-10/h5-7,12H,4,8,19H2,1-3H3,(H,20,21). The normalized spacial score (nSPS) is 29.0. The van der Waals surface area contributed by atoms with Gasteiger partial charge < -0.3 is 25.3 Å². The monoisotopic (exact) mass is 342 g/mol. The highest BCUT2D eigenvalue weighted by atomic mass is 19.3. The summed E-state index contributed by atoms with van der Waals surface area (Å²) in [4.78, 5) is 12.6. The zero-order chi connectivity index (χ0) is 17.8. The first kappa shape index (κ1) is 16.9. The van der Waals surface area contributed by atoms with Crippen molar-refractivity contribution in [3.63, 3.8) is 0 Å². The molecule has 0 saturated heterocycles. The number of anilines is 1. The van der Waals surface area contributed by atoms with Crippen LogP contribution in [0.2, 0.25) is 0 Å². The maximum absolute atomic E-state index is 13.0. The number of alkyl halides is 2. The molecule has 6 nitrogen and oxygen atoms in total. The molecule has 3 N–H and O–H groups in total. The van der Waals surface area contributed by atoms with E-state index in [4.69, 9.17) is 10.5 Å². The van der Waals surface area contributed by atoms with Crippen molar-refractivity contribution in [3.05, 3.63) is 18.2 Å². The Balaban J connectivity index is 1.73. The van der Waals surface area contributed by atoms with Crippen LogP contribution in [0.5, 0.6) is 11.5 Å². The second-order valence-electron chi connectivity index (χ2n) is 6.62. The van der Waals surface area contributed by atoms with Crippen LogP contribution in [0.1, 0.15) is 27.2 Å². The number of rotatable bonds is 4. The molecular weight excluding hydrogens is 322 g/mol. The molecule has 8 heteroatoms. The molecule has 3 rings (SSSR count). The predicted molar refractivity (Wildman–Crippen MR) is 82.0 cm³/mol. The van der Waals surface area contributed by atoms with E-state index < -0.39 is 23.2 Å². The molecule has 2 atom stereocenters. The summed E-state index contributed by atoms with van der Waals surface area (Å²) in [7, 11) is 0. The molecule has 2 unspecified atom stereocenters. The van der Waals surface area contributed by atoms with Gasteiger partial charge in [0, 0.05) is 30.2 Å². The van der Waals surface area contributed by atoms with Crippen LogP contribution in [0.3, 0.4) is 0 Å². The van der Waals surface area contributed by atoms with E-state index in [1.807, 2.05) is 20.8 Å². The first-order valence-electron chi connectivity index (χ1n) is 7.71.